The van der Waals surface area contributed by atoms with Crippen LogP contribution in [0.5, 0.6) is 5.75 Å². The number of hydrogen-bond donors (Lipinski definition) is 4. The third kappa shape index (κ3) is 4.69. The molecule has 0 spiro atoms. The lowest BCUT2D eigenvalue weighted by atomic mass is 9.89. The number of benzene rings is 2. The highest BCUT2D eigenvalue weighted by Gasteiger charge is 2.45. The van der Waals surface area contributed by atoms with Gasteiger partial charge in [0, 0.05) is 5.56 Å². The Morgan fingerprint density at radius 1 is 1.05 bits per heavy atom. The summed E-state index contributed by atoms with van der Waals surface area (Å²) >= 11 is 5.74. The van der Waals surface area contributed by atoms with Crippen LogP contribution >= 0.6 is 12.2 Å². The zero-order valence-electron chi connectivity index (χ0n) is 20.1. The van der Waals surface area contributed by atoms with E-state index in [2.05, 4.69) is 6.07 Å². The largest absolute Gasteiger partial charge is 0.497 e. The van der Waals surface area contributed by atoms with Crippen LogP contribution in [0.2, 0.25) is 0 Å². The molecule has 192 valence electrons. The second-order valence-corrected chi connectivity index (χ2v) is 9.02. The number of Topliss-reactive ketones (excluding diaryl/α,β-unsaturated/α-hetero) is 1. The highest BCUT2D eigenvalue weighted by Crippen LogP contribution is 2.41. The maximum absolute atomic E-state index is 13.3. The molecule has 37 heavy (non-hydrogen) atoms. The first-order chi connectivity index (χ1) is 17.7. The Morgan fingerprint density at radius 3 is 2.24 bits per heavy atom. The monoisotopic (exact) mass is 522 g/mol. The van der Waals surface area contributed by atoms with Gasteiger partial charge >= 0.3 is 0 Å². The number of ketones is 1. The number of aromatic nitrogens is 1. The van der Waals surface area contributed by atoms with Crippen molar-refractivity contribution in [3.8, 4) is 34.2 Å². The molecule has 1 saturated heterocycles. The second kappa shape index (κ2) is 10.9. The van der Waals surface area contributed by atoms with Gasteiger partial charge in [0.1, 0.15) is 40.9 Å². The Labute approximate surface area is 218 Å². The Hall–Kier alpha value is -3.43. The summed E-state index contributed by atoms with van der Waals surface area (Å²) in [6.07, 6.45) is -7.61. The highest BCUT2D eigenvalue weighted by molar-refractivity contribution is 7.71. The number of carbonyl (C=O) groups is 1. The fourth-order valence-electron chi connectivity index (χ4n) is 4.60. The van der Waals surface area contributed by atoms with Crippen molar-refractivity contribution in [1.82, 2.24) is 4.57 Å². The molecule has 9 nitrogen and oxygen atoms in total. The van der Waals surface area contributed by atoms with Gasteiger partial charge in [-0.2, -0.15) is 5.26 Å². The number of methoxy groups -OCH3 is 1. The van der Waals surface area contributed by atoms with Crippen LogP contribution in [0, 0.1) is 16.0 Å². The smallest absolute Gasteiger partial charge is 0.164 e. The summed E-state index contributed by atoms with van der Waals surface area (Å²) in [6, 6.07) is 17.7. The Morgan fingerprint density at radius 2 is 1.70 bits per heavy atom. The molecule has 1 aliphatic heterocycles. The van der Waals surface area contributed by atoms with Gasteiger partial charge in [0.25, 0.3) is 0 Å². The SMILES string of the molecule is COc1ccc(-c2c(C(C)=O)c(-c3ccccc3)n([C@@H]3O[C@H](CO)[C@@H](O)[C@@H](O)[C@H]3O)c(=S)c2C#N)cc1. The van der Waals surface area contributed by atoms with E-state index in [0.717, 1.165) is 0 Å². The summed E-state index contributed by atoms with van der Waals surface area (Å²) in [5.74, 6) is 0.204. The van der Waals surface area contributed by atoms with Crippen LogP contribution in [0.4, 0.5) is 0 Å². The molecule has 2 aromatic carbocycles. The van der Waals surface area contributed by atoms with E-state index in [1.165, 1.54) is 18.6 Å². The van der Waals surface area contributed by atoms with Gasteiger partial charge in [-0.3, -0.25) is 4.79 Å². The number of nitriles is 1. The summed E-state index contributed by atoms with van der Waals surface area (Å²) in [6.45, 7) is 0.709. The van der Waals surface area contributed by atoms with Crippen LogP contribution in [0.15, 0.2) is 54.6 Å². The first-order valence-electron chi connectivity index (χ1n) is 11.5. The summed E-state index contributed by atoms with van der Waals surface area (Å²) in [4.78, 5) is 13.3. The van der Waals surface area contributed by atoms with E-state index in [1.807, 2.05) is 0 Å². The van der Waals surface area contributed by atoms with E-state index >= 15 is 0 Å². The predicted octanol–water partition coefficient (Wildman–Crippen LogP) is 2.61. The quantitative estimate of drug-likeness (QED) is 0.283. The highest BCUT2D eigenvalue weighted by atomic mass is 32.1. The summed E-state index contributed by atoms with van der Waals surface area (Å²) < 4.78 is 12.3. The van der Waals surface area contributed by atoms with Crippen LogP contribution in [0.3, 0.4) is 0 Å². The molecule has 4 rings (SSSR count). The summed E-state index contributed by atoms with van der Waals surface area (Å²) in [5, 5.41) is 51.7. The minimum Gasteiger partial charge on any atom is -0.497 e. The van der Waals surface area contributed by atoms with E-state index in [0.29, 0.717) is 22.4 Å². The molecular weight excluding hydrogens is 496 g/mol. The Balaban J connectivity index is 2.14. The van der Waals surface area contributed by atoms with E-state index in [9.17, 15) is 30.5 Å². The van der Waals surface area contributed by atoms with Crippen molar-refractivity contribution in [2.75, 3.05) is 13.7 Å². The average Bonchev–Trinajstić information content (AvgIpc) is 2.92. The zero-order chi connectivity index (χ0) is 26.9. The molecule has 0 unspecified atom stereocenters. The van der Waals surface area contributed by atoms with E-state index in [1.54, 1.807) is 54.6 Å². The molecule has 0 radical (unpaired) electrons. The van der Waals surface area contributed by atoms with Crippen molar-refractivity contribution < 1.29 is 34.7 Å². The zero-order valence-corrected chi connectivity index (χ0v) is 20.9. The van der Waals surface area contributed by atoms with Crippen molar-refractivity contribution in [1.29, 1.82) is 5.26 Å². The maximum atomic E-state index is 13.3. The summed E-state index contributed by atoms with van der Waals surface area (Å²) in [5.41, 5.74) is 1.79. The molecule has 2 heterocycles. The topological polar surface area (TPSA) is 145 Å². The van der Waals surface area contributed by atoms with Crippen molar-refractivity contribution in [3.63, 3.8) is 0 Å². The van der Waals surface area contributed by atoms with Crippen LogP contribution in [0.25, 0.3) is 22.4 Å². The Kier molecular flexibility index (Phi) is 7.85. The fraction of sp³-hybridized carbons (Fsp3) is 0.296. The molecule has 0 amide bonds. The number of pyridine rings is 1. The van der Waals surface area contributed by atoms with Crippen LogP contribution in [-0.4, -0.2) is 68.9 Å². The molecule has 1 fully saturated rings. The number of hydrogen-bond acceptors (Lipinski definition) is 9. The van der Waals surface area contributed by atoms with Crippen LogP contribution in [-0.2, 0) is 4.74 Å². The number of carbonyl (C=O) groups excluding carboxylic acids is 1. The predicted molar refractivity (Wildman–Crippen MR) is 136 cm³/mol. The van der Waals surface area contributed by atoms with Gasteiger partial charge in [-0.15, -0.1) is 0 Å². The van der Waals surface area contributed by atoms with E-state index < -0.39 is 37.3 Å². The van der Waals surface area contributed by atoms with Gasteiger partial charge in [0.2, 0.25) is 0 Å². The van der Waals surface area contributed by atoms with E-state index in [-0.39, 0.29) is 27.2 Å². The van der Waals surface area contributed by atoms with Crippen molar-refractivity contribution in [3.05, 3.63) is 70.4 Å². The molecule has 1 aliphatic rings. The standard InChI is InChI=1S/C27H26N2O7S/c1-14(31)20-21(15-8-10-17(35-2)11-9-15)18(12-28)27(37)29(22(20)16-6-4-3-5-7-16)26-25(34)24(33)23(32)19(13-30)36-26/h3-11,19,23-26,30,32-34H,13H2,1-2H3/t19-,23-,24-,25-,26-/m1/s1. The molecule has 0 aliphatic carbocycles. The van der Waals surface area contributed by atoms with Crippen molar-refractivity contribution >= 4 is 18.0 Å². The number of ether oxygens (including phenoxy) is 2. The fourth-order valence-corrected chi connectivity index (χ4v) is 4.95. The molecular formula is C27H26N2O7S. The lowest BCUT2D eigenvalue weighted by Crippen LogP contribution is -2.56. The number of rotatable bonds is 6. The van der Waals surface area contributed by atoms with Gasteiger partial charge < -0.3 is 34.5 Å². The second-order valence-electron chi connectivity index (χ2n) is 8.63. The van der Waals surface area contributed by atoms with Crippen molar-refractivity contribution in [2.24, 2.45) is 0 Å². The third-order valence-corrected chi connectivity index (χ3v) is 6.82. The van der Waals surface area contributed by atoms with Crippen LogP contribution < -0.4 is 4.74 Å². The van der Waals surface area contributed by atoms with Gasteiger partial charge in [0.05, 0.1) is 30.5 Å². The van der Waals surface area contributed by atoms with Crippen molar-refractivity contribution in [2.45, 2.75) is 37.6 Å². The molecule has 5 atom stereocenters. The van der Waals surface area contributed by atoms with Gasteiger partial charge in [-0.1, -0.05) is 54.7 Å². The molecule has 3 aromatic rings. The minimum atomic E-state index is -1.69. The number of nitrogens with zero attached hydrogens (tertiary/aromatic N) is 2. The third-order valence-electron chi connectivity index (χ3n) is 6.42. The Bertz CT molecular complexity index is 1400. The molecule has 0 saturated carbocycles. The first kappa shape index (κ1) is 26.6. The normalized spacial score (nSPS) is 23.3. The van der Waals surface area contributed by atoms with E-state index in [4.69, 9.17) is 21.7 Å². The maximum Gasteiger partial charge on any atom is 0.164 e. The summed E-state index contributed by atoms with van der Waals surface area (Å²) in [7, 11) is 1.53. The molecule has 10 heteroatoms. The van der Waals surface area contributed by atoms with Crippen LogP contribution in [0.1, 0.15) is 29.1 Å². The average molecular weight is 523 g/mol. The number of aliphatic hydroxyl groups excluding tert-OH is 4. The molecule has 4 N–H and O–H groups in total. The molecule has 0 bridgehead atoms. The lowest BCUT2D eigenvalue weighted by molar-refractivity contribution is -0.251. The first-order valence-corrected chi connectivity index (χ1v) is 11.9. The number of aliphatic hydroxyl groups is 4. The lowest BCUT2D eigenvalue weighted by Gasteiger charge is -2.42. The van der Waals surface area contributed by atoms with Gasteiger partial charge in [-0.05, 0) is 30.2 Å². The van der Waals surface area contributed by atoms with Gasteiger partial charge in [0.15, 0.2) is 12.0 Å². The molecule has 1 aromatic heterocycles. The van der Waals surface area contributed by atoms with Gasteiger partial charge in [-0.25, -0.2) is 0 Å². The minimum absolute atomic E-state index is 0.0120.